The molecule has 1 aromatic carbocycles. The monoisotopic (exact) mass is 287 g/mol. The largest absolute Gasteiger partial charge is 0.480 e. The van der Waals surface area contributed by atoms with Crippen LogP contribution in [-0.4, -0.2) is 32.8 Å². The second-order valence-electron chi connectivity index (χ2n) is 5.04. The molecule has 0 saturated carbocycles. The molecule has 1 amide bonds. The Labute approximate surface area is 122 Å². The van der Waals surface area contributed by atoms with Crippen molar-refractivity contribution in [3.63, 3.8) is 0 Å². The molecule has 0 fully saturated rings. The zero-order valence-corrected chi connectivity index (χ0v) is 11.9. The van der Waals surface area contributed by atoms with Crippen molar-refractivity contribution in [2.24, 2.45) is 5.92 Å². The van der Waals surface area contributed by atoms with Crippen molar-refractivity contribution in [3.8, 4) is 5.69 Å². The molecule has 21 heavy (non-hydrogen) atoms. The van der Waals surface area contributed by atoms with Crippen LogP contribution >= 0.6 is 0 Å². The Morgan fingerprint density at radius 1 is 1.24 bits per heavy atom. The number of carbonyl (C=O) groups excluding carboxylic acids is 1. The first kappa shape index (κ1) is 14.8. The zero-order valence-electron chi connectivity index (χ0n) is 11.9. The summed E-state index contributed by atoms with van der Waals surface area (Å²) in [5.41, 5.74) is 1.15. The van der Waals surface area contributed by atoms with Gasteiger partial charge in [0.25, 0.3) is 5.91 Å². The summed E-state index contributed by atoms with van der Waals surface area (Å²) in [6, 6.07) is 8.44. The molecule has 0 unspecified atom stereocenters. The van der Waals surface area contributed by atoms with Crippen LogP contribution in [0.3, 0.4) is 0 Å². The molecule has 0 saturated heterocycles. The van der Waals surface area contributed by atoms with Crippen LogP contribution in [0.25, 0.3) is 5.69 Å². The first-order valence-corrected chi connectivity index (χ1v) is 6.63. The molecular weight excluding hydrogens is 270 g/mol. The first-order valence-electron chi connectivity index (χ1n) is 6.63. The third kappa shape index (κ3) is 3.47. The summed E-state index contributed by atoms with van der Waals surface area (Å²) in [6.07, 6.45) is 2.99. The Balaban J connectivity index is 2.14. The van der Waals surface area contributed by atoms with Crippen LogP contribution in [0.5, 0.6) is 0 Å². The maximum Gasteiger partial charge on any atom is 0.326 e. The molecule has 2 aromatic rings. The van der Waals surface area contributed by atoms with Gasteiger partial charge in [-0.1, -0.05) is 32.0 Å². The number of aliphatic carboxylic acids is 1. The van der Waals surface area contributed by atoms with Crippen LogP contribution in [0.1, 0.15) is 24.2 Å². The molecule has 0 aliphatic heterocycles. The number of para-hydroxylation sites is 1. The lowest BCUT2D eigenvalue weighted by Gasteiger charge is -2.17. The smallest absolute Gasteiger partial charge is 0.326 e. The van der Waals surface area contributed by atoms with Crippen molar-refractivity contribution < 1.29 is 14.7 Å². The molecule has 6 heteroatoms. The Hall–Kier alpha value is -2.63. The second kappa shape index (κ2) is 6.21. The molecule has 0 aliphatic rings. The van der Waals surface area contributed by atoms with Gasteiger partial charge in [-0.25, -0.2) is 9.48 Å². The van der Waals surface area contributed by atoms with Crippen molar-refractivity contribution in [1.29, 1.82) is 0 Å². The molecule has 2 rings (SSSR count). The van der Waals surface area contributed by atoms with Crippen LogP contribution < -0.4 is 5.32 Å². The topological polar surface area (TPSA) is 84.2 Å². The van der Waals surface area contributed by atoms with Gasteiger partial charge >= 0.3 is 5.97 Å². The molecule has 0 spiro atoms. The average molecular weight is 287 g/mol. The number of nitrogens with one attached hydrogen (secondary N) is 1. The van der Waals surface area contributed by atoms with Gasteiger partial charge in [0.2, 0.25) is 0 Å². The van der Waals surface area contributed by atoms with Crippen LogP contribution in [-0.2, 0) is 4.79 Å². The molecular formula is C15H17N3O3. The Bertz CT molecular complexity index is 635. The third-order valence-electron chi connectivity index (χ3n) is 3.08. The van der Waals surface area contributed by atoms with Gasteiger partial charge in [-0.15, -0.1) is 0 Å². The second-order valence-corrected chi connectivity index (χ2v) is 5.04. The third-order valence-corrected chi connectivity index (χ3v) is 3.08. The number of nitrogens with zero attached hydrogens (tertiary/aromatic N) is 2. The van der Waals surface area contributed by atoms with Gasteiger partial charge < -0.3 is 10.4 Å². The highest BCUT2D eigenvalue weighted by atomic mass is 16.4. The number of aromatic nitrogens is 2. The Morgan fingerprint density at radius 3 is 2.48 bits per heavy atom. The predicted molar refractivity (Wildman–Crippen MR) is 77.3 cm³/mol. The van der Waals surface area contributed by atoms with Gasteiger partial charge in [-0.3, -0.25) is 4.79 Å². The lowest BCUT2D eigenvalue weighted by molar-refractivity contribution is -0.140. The quantitative estimate of drug-likeness (QED) is 0.876. The minimum Gasteiger partial charge on any atom is -0.480 e. The van der Waals surface area contributed by atoms with Gasteiger partial charge in [-0.05, 0) is 18.1 Å². The number of carboxylic acids is 1. The SMILES string of the molecule is CC(C)[C@@H](NC(=O)c1cnn(-c2ccccc2)c1)C(=O)O. The number of benzene rings is 1. The fourth-order valence-electron chi connectivity index (χ4n) is 1.90. The van der Waals surface area contributed by atoms with Gasteiger partial charge in [0, 0.05) is 6.20 Å². The van der Waals surface area contributed by atoms with E-state index < -0.39 is 17.9 Å². The number of hydrogen-bond donors (Lipinski definition) is 2. The van der Waals surface area contributed by atoms with Crippen LogP contribution in [0, 0.1) is 5.92 Å². The molecule has 2 N–H and O–H groups in total. The number of rotatable bonds is 5. The van der Waals surface area contributed by atoms with Crippen LogP contribution in [0.15, 0.2) is 42.7 Å². The van der Waals surface area contributed by atoms with Gasteiger partial charge in [-0.2, -0.15) is 5.10 Å². The van der Waals surface area contributed by atoms with Gasteiger partial charge in [0.05, 0.1) is 17.4 Å². The van der Waals surface area contributed by atoms with Crippen LogP contribution in [0.4, 0.5) is 0 Å². The number of carboxylic acid groups (broad SMARTS) is 1. The minimum atomic E-state index is -1.05. The van der Waals surface area contributed by atoms with Crippen molar-refractivity contribution in [2.45, 2.75) is 19.9 Å². The number of hydrogen-bond acceptors (Lipinski definition) is 3. The Morgan fingerprint density at radius 2 is 1.90 bits per heavy atom. The summed E-state index contributed by atoms with van der Waals surface area (Å²) < 4.78 is 1.57. The molecule has 110 valence electrons. The summed E-state index contributed by atoms with van der Waals surface area (Å²) in [5.74, 6) is -1.69. The number of amides is 1. The van der Waals surface area contributed by atoms with Crippen molar-refractivity contribution in [1.82, 2.24) is 15.1 Å². The van der Waals surface area contributed by atoms with E-state index in [9.17, 15) is 9.59 Å². The summed E-state index contributed by atoms with van der Waals surface area (Å²) in [7, 11) is 0. The van der Waals surface area contributed by atoms with Gasteiger partial charge in [0.15, 0.2) is 0 Å². The summed E-state index contributed by atoms with van der Waals surface area (Å²) in [4.78, 5) is 23.2. The maximum atomic E-state index is 12.1. The van der Waals surface area contributed by atoms with E-state index in [0.717, 1.165) is 5.69 Å². The minimum absolute atomic E-state index is 0.199. The van der Waals surface area contributed by atoms with Crippen LogP contribution in [0.2, 0.25) is 0 Å². The lowest BCUT2D eigenvalue weighted by atomic mass is 10.0. The fourth-order valence-corrected chi connectivity index (χ4v) is 1.90. The summed E-state index contributed by atoms with van der Waals surface area (Å²) in [6.45, 7) is 3.49. The van der Waals surface area contributed by atoms with E-state index in [4.69, 9.17) is 5.11 Å². The highest BCUT2D eigenvalue weighted by Crippen LogP contribution is 2.09. The van der Waals surface area contributed by atoms with Gasteiger partial charge in [0.1, 0.15) is 6.04 Å². The standard InChI is InChI=1S/C15H17N3O3/c1-10(2)13(15(20)21)17-14(19)11-8-16-18(9-11)12-6-4-3-5-7-12/h3-10,13H,1-2H3,(H,17,19)(H,20,21)/t13-/m1/s1. The maximum absolute atomic E-state index is 12.1. The van der Waals surface area contributed by atoms with E-state index in [0.29, 0.717) is 5.56 Å². The predicted octanol–water partition coefficient (Wildman–Crippen LogP) is 1.71. The molecule has 1 aromatic heterocycles. The number of carbonyl (C=O) groups is 2. The highest BCUT2D eigenvalue weighted by Gasteiger charge is 2.24. The van der Waals surface area contributed by atoms with E-state index in [1.54, 1.807) is 24.7 Å². The van der Waals surface area contributed by atoms with E-state index in [1.807, 2.05) is 30.3 Å². The zero-order chi connectivity index (χ0) is 15.4. The Kier molecular flexibility index (Phi) is 4.37. The molecule has 1 atom stereocenters. The molecule has 6 nitrogen and oxygen atoms in total. The lowest BCUT2D eigenvalue weighted by Crippen LogP contribution is -2.44. The average Bonchev–Trinajstić information content (AvgIpc) is 2.94. The molecule has 0 aliphatic carbocycles. The molecule has 1 heterocycles. The molecule has 0 bridgehead atoms. The van der Waals surface area contributed by atoms with E-state index in [2.05, 4.69) is 10.4 Å². The van der Waals surface area contributed by atoms with Crippen molar-refractivity contribution in [3.05, 3.63) is 48.3 Å². The van der Waals surface area contributed by atoms with E-state index >= 15 is 0 Å². The van der Waals surface area contributed by atoms with E-state index in [-0.39, 0.29) is 5.92 Å². The normalized spacial score (nSPS) is 12.1. The van der Waals surface area contributed by atoms with Crippen molar-refractivity contribution >= 4 is 11.9 Å². The first-order chi connectivity index (χ1) is 9.99. The summed E-state index contributed by atoms with van der Waals surface area (Å²) in [5, 5.41) is 15.7. The highest BCUT2D eigenvalue weighted by molar-refractivity contribution is 5.96. The van der Waals surface area contributed by atoms with Crippen molar-refractivity contribution in [2.75, 3.05) is 0 Å². The fraction of sp³-hybridized carbons (Fsp3) is 0.267. The molecule has 0 radical (unpaired) electrons. The van der Waals surface area contributed by atoms with E-state index in [1.165, 1.54) is 6.20 Å². The summed E-state index contributed by atoms with van der Waals surface area (Å²) >= 11 is 0.